The number of methoxy groups -OCH3 is 1. The molecular weight excluding hydrogens is 386 g/mol. The molecule has 11 heteroatoms. The van der Waals surface area contributed by atoms with Crippen LogP contribution in [0.4, 0.5) is 0 Å². The Morgan fingerprint density at radius 1 is 1.28 bits per heavy atom. The van der Waals surface area contributed by atoms with E-state index in [0.717, 1.165) is 17.0 Å². The number of hydrogen-bond donors (Lipinski definition) is 2. The van der Waals surface area contributed by atoms with Crippen molar-refractivity contribution < 1.29 is 34.1 Å². The summed E-state index contributed by atoms with van der Waals surface area (Å²) in [6.45, 7) is 2.54. The summed E-state index contributed by atoms with van der Waals surface area (Å²) in [5, 5.41) is 23.2. The van der Waals surface area contributed by atoms with Gasteiger partial charge in [-0.1, -0.05) is 12.1 Å². The van der Waals surface area contributed by atoms with Crippen molar-refractivity contribution >= 4 is 5.91 Å². The first-order chi connectivity index (χ1) is 13.9. The molecule has 1 aromatic carbocycles. The Bertz CT molecular complexity index is 599. The quantitative estimate of drug-likeness (QED) is 0.221. The van der Waals surface area contributed by atoms with Crippen LogP contribution in [0.15, 0.2) is 24.3 Å². The molecule has 0 aliphatic carbocycles. The number of rotatable bonds is 16. The minimum absolute atomic E-state index is 0.121. The first-order valence-corrected chi connectivity index (χ1v) is 9.20. The van der Waals surface area contributed by atoms with E-state index in [4.69, 9.17) is 14.3 Å². The summed E-state index contributed by atoms with van der Waals surface area (Å²) in [4.78, 5) is 30.7. The molecule has 0 heterocycles. The van der Waals surface area contributed by atoms with E-state index < -0.39 is 11.2 Å². The molecule has 11 nitrogen and oxygen atoms in total. The Morgan fingerprint density at radius 3 is 2.62 bits per heavy atom. The van der Waals surface area contributed by atoms with Gasteiger partial charge in [0.25, 0.3) is 5.09 Å². The van der Waals surface area contributed by atoms with E-state index in [0.29, 0.717) is 18.9 Å². The van der Waals surface area contributed by atoms with E-state index in [1.54, 1.807) is 7.11 Å². The van der Waals surface area contributed by atoms with Crippen LogP contribution in [-0.2, 0) is 25.6 Å². The molecule has 1 unspecified atom stereocenters. The normalized spacial score (nSPS) is 11.7. The lowest BCUT2D eigenvalue weighted by molar-refractivity contribution is -0.758. The van der Waals surface area contributed by atoms with Crippen molar-refractivity contribution in [3.05, 3.63) is 39.9 Å². The average Bonchev–Trinajstić information content (AvgIpc) is 2.69. The predicted octanol–water partition coefficient (Wildman–Crippen LogP) is 0.193. The summed E-state index contributed by atoms with van der Waals surface area (Å²) >= 11 is 0. The van der Waals surface area contributed by atoms with Gasteiger partial charge in [0.2, 0.25) is 5.91 Å². The van der Waals surface area contributed by atoms with Crippen LogP contribution in [0.3, 0.4) is 0 Å². The summed E-state index contributed by atoms with van der Waals surface area (Å²) in [7, 11) is 1.66. The van der Waals surface area contributed by atoms with Crippen LogP contribution in [0, 0.1) is 10.1 Å². The zero-order chi connectivity index (χ0) is 21.5. The van der Waals surface area contributed by atoms with Gasteiger partial charge in [-0.15, -0.1) is 10.1 Å². The molecule has 0 saturated heterocycles. The van der Waals surface area contributed by atoms with Crippen LogP contribution in [-0.4, -0.2) is 80.4 Å². The molecule has 0 aliphatic rings. The van der Waals surface area contributed by atoms with Crippen LogP contribution < -0.4 is 10.1 Å². The molecule has 0 fully saturated rings. The number of carbonyl (C=O) groups excluding carboxylic acids is 1. The smallest absolute Gasteiger partial charge is 0.294 e. The number of carbonyl (C=O) groups is 1. The van der Waals surface area contributed by atoms with Gasteiger partial charge < -0.3 is 24.7 Å². The fraction of sp³-hybridized carbons (Fsp3) is 0.611. The minimum atomic E-state index is -0.928. The van der Waals surface area contributed by atoms with Gasteiger partial charge in [-0.3, -0.25) is 9.63 Å². The molecular formula is C18H29N3O8. The van der Waals surface area contributed by atoms with E-state index in [9.17, 15) is 20.0 Å². The monoisotopic (exact) mass is 415 g/mol. The Labute approximate surface area is 169 Å². The molecule has 1 rings (SSSR count). The number of hydroxylamine groups is 2. The second-order valence-electron chi connectivity index (χ2n) is 6.07. The van der Waals surface area contributed by atoms with Crippen molar-refractivity contribution in [3.8, 4) is 5.75 Å². The highest BCUT2D eigenvalue weighted by atomic mass is 17.0. The number of aliphatic hydroxyl groups is 1. The number of amides is 1. The van der Waals surface area contributed by atoms with Gasteiger partial charge in [-0.25, -0.2) is 5.06 Å². The van der Waals surface area contributed by atoms with E-state index >= 15 is 0 Å². The van der Waals surface area contributed by atoms with E-state index in [2.05, 4.69) is 10.2 Å². The fourth-order valence-corrected chi connectivity index (χ4v) is 2.25. The van der Waals surface area contributed by atoms with Crippen molar-refractivity contribution in [3.63, 3.8) is 0 Å². The molecule has 1 amide bonds. The molecule has 0 aromatic heterocycles. The topological polar surface area (TPSA) is 133 Å². The summed E-state index contributed by atoms with van der Waals surface area (Å²) in [6.07, 6.45) is 0.0935. The van der Waals surface area contributed by atoms with Crippen molar-refractivity contribution in [2.24, 2.45) is 0 Å². The van der Waals surface area contributed by atoms with E-state index in [1.165, 1.54) is 6.92 Å². The molecule has 164 valence electrons. The van der Waals surface area contributed by atoms with E-state index in [1.807, 2.05) is 24.3 Å². The zero-order valence-corrected chi connectivity index (χ0v) is 16.7. The number of nitrogens with one attached hydrogen (secondary N) is 1. The standard InChI is InChI=1S/C18H29N3O8/c1-15(22)20(28-11-12-29-21(24)25)9-8-19-13-17(23)14-27-18-5-3-16(4-6-18)7-10-26-2/h3-6,17,19,23H,7-14H2,1-2H3. The summed E-state index contributed by atoms with van der Waals surface area (Å²) in [5.74, 6) is 0.323. The third kappa shape index (κ3) is 11.9. The number of hydrogen-bond acceptors (Lipinski definition) is 9. The molecule has 0 spiro atoms. The number of nitrogens with zero attached hydrogens (tertiary/aromatic N) is 2. The van der Waals surface area contributed by atoms with Gasteiger partial charge in [0, 0.05) is 27.1 Å². The Morgan fingerprint density at radius 2 is 2.00 bits per heavy atom. The minimum Gasteiger partial charge on any atom is -0.491 e. The third-order valence-electron chi connectivity index (χ3n) is 3.71. The van der Waals surface area contributed by atoms with Crippen molar-refractivity contribution in [2.75, 3.05) is 53.2 Å². The molecule has 0 radical (unpaired) electrons. The van der Waals surface area contributed by atoms with Gasteiger partial charge in [0.1, 0.15) is 25.1 Å². The van der Waals surface area contributed by atoms with Gasteiger partial charge in [0.15, 0.2) is 0 Å². The summed E-state index contributed by atoms with van der Waals surface area (Å²) < 4.78 is 10.6. The first-order valence-electron chi connectivity index (χ1n) is 9.20. The van der Waals surface area contributed by atoms with Crippen LogP contribution in [0.2, 0.25) is 0 Å². The summed E-state index contributed by atoms with van der Waals surface area (Å²) in [6, 6.07) is 7.59. The fourth-order valence-electron chi connectivity index (χ4n) is 2.25. The Kier molecular flexibility index (Phi) is 12.3. The number of benzene rings is 1. The number of ether oxygens (including phenoxy) is 2. The second kappa shape index (κ2) is 14.5. The molecule has 0 aliphatic heterocycles. The second-order valence-corrected chi connectivity index (χ2v) is 6.07. The van der Waals surface area contributed by atoms with Gasteiger partial charge in [0.05, 0.1) is 19.8 Å². The van der Waals surface area contributed by atoms with Crippen molar-refractivity contribution in [1.29, 1.82) is 0 Å². The van der Waals surface area contributed by atoms with Crippen molar-refractivity contribution in [2.45, 2.75) is 19.4 Å². The molecule has 1 atom stereocenters. The molecule has 1 aromatic rings. The average molecular weight is 415 g/mol. The third-order valence-corrected chi connectivity index (χ3v) is 3.71. The summed E-state index contributed by atoms with van der Waals surface area (Å²) in [5.41, 5.74) is 1.14. The predicted molar refractivity (Wildman–Crippen MR) is 103 cm³/mol. The SMILES string of the molecule is COCCc1ccc(OCC(O)CNCCN(OCCO[N+](=O)[O-])C(C)=O)cc1. The highest BCUT2D eigenvalue weighted by Gasteiger charge is 2.10. The maximum Gasteiger partial charge on any atom is 0.294 e. The van der Waals surface area contributed by atoms with Crippen LogP contribution in [0.25, 0.3) is 0 Å². The Balaban J connectivity index is 2.19. The van der Waals surface area contributed by atoms with Gasteiger partial charge >= 0.3 is 0 Å². The number of aliphatic hydroxyl groups excluding tert-OH is 1. The van der Waals surface area contributed by atoms with Gasteiger partial charge in [-0.05, 0) is 24.1 Å². The first kappa shape index (κ1) is 24.6. The van der Waals surface area contributed by atoms with E-state index in [-0.39, 0.29) is 38.8 Å². The van der Waals surface area contributed by atoms with Crippen LogP contribution >= 0.6 is 0 Å². The highest BCUT2D eigenvalue weighted by molar-refractivity contribution is 5.71. The maximum absolute atomic E-state index is 11.5. The lowest BCUT2D eigenvalue weighted by Crippen LogP contribution is -2.39. The molecule has 29 heavy (non-hydrogen) atoms. The lowest BCUT2D eigenvalue weighted by Gasteiger charge is -2.20. The Hall–Kier alpha value is -2.47. The largest absolute Gasteiger partial charge is 0.491 e. The zero-order valence-electron chi connectivity index (χ0n) is 16.7. The molecule has 2 N–H and O–H groups in total. The van der Waals surface area contributed by atoms with Crippen molar-refractivity contribution in [1.82, 2.24) is 10.4 Å². The van der Waals surface area contributed by atoms with Gasteiger partial charge in [-0.2, -0.15) is 0 Å². The maximum atomic E-state index is 11.5. The van der Waals surface area contributed by atoms with Crippen LogP contribution in [0.1, 0.15) is 12.5 Å². The lowest BCUT2D eigenvalue weighted by atomic mass is 10.1. The van der Waals surface area contributed by atoms with Crippen LogP contribution in [0.5, 0.6) is 5.75 Å². The highest BCUT2D eigenvalue weighted by Crippen LogP contribution is 2.12. The molecule has 0 saturated carbocycles. The molecule has 0 bridgehead atoms.